The molecule has 1 heterocycles. The van der Waals surface area contributed by atoms with Crippen molar-refractivity contribution in [2.75, 3.05) is 18.1 Å². The van der Waals surface area contributed by atoms with Gasteiger partial charge in [-0.2, -0.15) is 5.26 Å². The Hall–Kier alpha value is -2.09. The third-order valence-corrected chi connectivity index (χ3v) is 2.09. The SMILES string of the molecule is N#CCN1C(=O)COc2cc(F)ccc21. The quantitative estimate of drug-likeness (QED) is 0.646. The van der Waals surface area contributed by atoms with Crippen LogP contribution in [0, 0.1) is 17.1 Å². The van der Waals surface area contributed by atoms with Gasteiger partial charge in [0.25, 0.3) is 5.91 Å². The molecular formula is C10H7FN2O2. The number of carbonyl (C=O) groups excluding carboxylic acids is 1. The second-order valence-electron chi connectivity index (χ2n) is 3.04. The van der Waals surface area contributed by atoms with E-state index in [1.807, 2.05) is 6.07 Å². The summed E-state index contributed by atoms with van der Waals surface area (Å²) in [6, 6.07) is 5.74. The number of ether oxygens (including phenoxy) is 1. The zero-order chi connectivity index (χ0) is 10.8. The molecule has 1 aromatic rings. The highest BCUT2D eigenvalue weighted by atomic mass is 19.1. The molecule has 0 unspecified atom stereocenters. The number of rotatable bonds is 1. The van der Waals surface area contributed by atoms with E-state index in [0.717, 1.165) is 0 Å². The minimum atomic E-state index is -0.431. The molecule has 15 heavy (non-hydrogen) atoms. The van der Waals surface area contributed by atoms with E-state index in [1.54, 1.807) is 0 Å². The van der Waals surface area contributed by atoms with Crippen LogP contribution < -0.4 is 9.64 Å². The van der Waals surface area contributed by atoms with Gasteiger partial charge in [0, 0.05) is 6.07 Å². The van der Waals surface area contributed by atoms with Crippen molar-refractivity contribution in [2.24, 2.45) is 0 Å². The molecule has 76 valence electrons. The lowest BCUT2D eigenvalue weighted by Crippen LogP contribution is -2.39. The number of carbonyl (C=O) groups is 1. The summed E-state index contributed by atoms with van der Waals surface area (Å²) < 4.78 is 17.9. The topological polar surface area (TPSA) is 53.3 Å². The van der Waals surface area contributed by atoms with Crippen LogP contribution in [0.5, 0.6) is 5.75 Å². The van der Waals surface area contributed by atoms with Crippen LogP contribution >= 0.6 is 0 Å². The summed E-state index contributed by atoms with van der Waals surface area (Å²) in [5.41, 5.74) is 0.439. The Kier molecular flexibility index (Phi) is 2.26. The highest BCUT2D eigenvalue weighted by molar-refractivity contribution is 5.98. The van der Waals surface area contributed by atoms with E-state index < -0.39 is 5.82 Å². The number of fused-ring (bicyclic) bond motifs is 1. The van der Waals surface area contributed by atoms with Crippen molar-refractivity contribution < 1.29 is 13.9 Å². The van der Waals surface area contributed by atoms with E-state index >= 15 is 0 Å². The lowest BCUT2D eigenvalue weighted by atomic mass is 10.2. The van der Waals surface area contributed by atoms with Crippen LogP contribution in [0.25, 0.3) is 0 Å². The van der Waals surface area contributed by atoms with Gasteiger partial charge in [0.05, 0.1) is 11.8 Å². The summed E-state index contributed by atoms with van der Waals surface area (Å²) in [4.78, 5) is 12.7. The molecule has 0 spiro atoms. The summed E-state index contributed by atoms with van der Waals surface area (Å²) >= 11 is 0. The number of hydrogen-bond donors (Lipinski definition) is 0. The van der Waals surface area contributed by atoms with Crippen molar-refractivity contribution in [1.82, 2.24) is 0 Å². The summed E-state index contributed by atoms with van der Waals surface area (Å²) in [6.07, 6.45) is 0. The van der Waals surface area contributed by atoms with E-state index in [9.17, 15) is 9.18 Å². The van der Waals surface area contributed by atoms with Crippen LogP contribution in [0.3, 0.4) is 0 Å². The molecule has 0 aromatic heterocycles. The third-order valence-electron chi connectivity index (χ3n) is 2.09. The third kappa shape index (κ3) is 1.62. The minimum Gasteiger partial charge on any atom is -0.481 e. The lowest BCUT2D eigenvalue weighted by molar-refractivity contribution is -0.121. The highest BCUT2D eigenvalue weighted by Crippen LogP contribution is 2.32. The van der Waals surface area contributed by atoms with Crippen molar-refractivity contribution in [3.8, 4) is 11.8 Å². The fraction of sp³-hybridized carbons (Fsp3) is 0.200. The Balaban J connectivity index is 2.44. The van der Waals surface area contributed by atoms with E-state index in [-0.39, 0.29) is 19.1 Å². The van der Waals surface area contributed by atoms with Crippen LogP contribution in [0.1, 0.15) is 0 Å². The standard InChI is InChI=1S/C10H7FN2O2/c11-7-1-2-8-9(5-7)15-6-10(14)13(8)4-3-12/h1-2,5H,4,6H2. The van der Waals surface area contributed by atoms with Crippen LogP contribution in [-0.2, 0) is 4.79 Å². The number of nitrogens with zero attached hydrogens (tertiary/aromatic N) is 2. The minimum absolute atomic E-state index is 0.0547. The van der Waals surface area contributed by atoms with Gasteiger partial charge in [-0.15, -0.1) is 0 Å². The number of hydrogen-bond acceptors (Lipinski definition) is 3. The van der Waals surface area contributed by atoms with Gasteiger partial charge < -0.3 is 4.74 Å². The number of nitriles is 1. The predicted octanol–water partition coefficient (Wildman–Crippen LogP) is 1.07. The molecule has 1 aromatic carbocycles. The van der Waals surface area contributed by atoms with Crippen molar-refractivity contribution in [1.29, 1.82) is 5.26 Å². The maximum absolute atomic E-state index is 12.9. The predicted molar refractivity (Wildman–Crippen MR) is 49.9 cm³/mol. The number of halogens is 1. The molecule has 0 aliphatic carbocycles. The second kappa shape index (κ2) is 3.58. The van der Waals surface area contributed by atoms with Gasteiger partial charge in [0.1, 0.15) is 18.1 Å². The summed E-state index contributed by atoms with van der Waals surface area (Å²) in [5.74, 6) is -0.430. The fourth-order valence-electron chi connectivity index (χ4n) is 1.42. The van der Waals surface area contributed by atoms with Gasteiger partial charge in [0.2, 0.25) is 0 Å². The summed E-state index contributed by atoms with van der Waals surface area (Å²) in [7, 11) is 0. The van der Waals surface area contributed by atoms with E-state index in [0.29, 0.717) is 11.4 Å². The normalized spacial score (nSPS) is 14.1. The number of anilines is 1. The zero-order valence-electron chi connectivity index (χ0n) is 7.74. The largest absolute Gasteiger partial charge is 0.481 e. The highest BCUT2D eigenvalue weighted by Gasteiger charge is 2.25. The Morgan fingerprint density at radius 2 is 2.40 bits per heavy atom. The molecule has 0 bridgehead atoms. The van der Waals surface area contributed by atoms with Crippen LogP contribution in [0.2, 0.25) is 0 Å². The first-order chi connectivity index (χ1) is 7.22. The molecule has 0 atom stereocenters. The molecule has 0 saturated heterocycles. The van der Waals surface area contributed by atoms with Gasteiger partial charge >= 0.3 is 0 Å². The van der Waals surface area contributed by atoms with Crippen molar-refractivity contribution >= 4 is 11.6 Å². The zero-order valence-corrected chi connectivity index (χ0v) is 7.74. The molecule has 1 aliphatic rings. The second-order valence-corrected chi connectivity index (χ2v) is 3.04. The molecule has 0 radical (unpaired) electrons. The number of benzene rings is 1. The Morgan fingerprint density at radius 3 is 3.13 bits per heavy atom. The molecule has 1 amide bonds. The van der Waals surface area contributed by atoms with Crippen LogP contribution in [0.4, 0.5) is 10.1 Å². The Labute approximate surface area is 85.5 Å². The first kappa shape index (κ1) is 9.46. The van der Waals surface area contributed by atoms with E-state index in [4.69, 9.17) is 10.00 Å². The molecule has 1 aliphatic heterocycles. The molecule has 0 N–H and O–H groups in total. The lowest BCUT2D eigenvalue weighted by Gasteiger charge is -2.27. The van der Waals surface area contributed by atoms with Gasteiger partial charge in [-0.05, 0) is 12.1 Å². The average Bonchev–Trinajstić information content (AvgIpc) is 2.22. The Morgan fingerprint density at radius 1 is 1.60 bits per heavy atom. The first-order valence-corrected chi connectivity index (χ1v) is 4.32. The van der Waals surface area contributed by atoms with Gasteiger partial charge in [-0.1, -0.05) is 0 Å². The molecule has 2 rings (SSSR count). The molecule has 0 fully saturated rings. The number of amides is 1. The Bertz CT molecular complexity index is 453. The maximum Gasteiger partial charge on any atom is 0.265 e. The van der Waals surface area contributed by atoms with E-state index in [2.05, 4.69) is 0 Å². The van der Waals surface area contributed by atoms with Crippen molar-refractivity contribution in [3.05, 3.63) is 24.0 Å². The van der Waals surface area contributed by atoms with Crippen LogP contribution in [-0.4, -0.2) is 19.1 Å². The van der Waals surface area contributed by atoms with Gasteiger partial charge in [0.15, 0.2) is 6.61 Å². The van der Waals surface area contributed by atoms with Gasteiger partial charge in [-0.25, -0.2) is 4.39 Å². The van der Waals surface area contributed by atoms with Crippen LogP contribution in [0.15, 0.2) is 18.2 Å². The van der Waals surface area contributed by atoms with Gasteiger partial charge in [-0.3, -0.25) is 9.69 Å². The molecule has 0 saturated carbocycles. The first-order valence-electron chi connectivity index (χ1n) is 4.32. The molecule has 5 heteroatoms. The maximum atomic E-state index is 12.9. The smallest absolute Gasteiger partial charge is 0.265 e. The van der Waals surface area contributed by atoms with Crippen molar-refractivity contribution in [3.63, 3.8) is 0 Å². The average molecular weight is 206 g/mol. The monoisotopic (exact) mass is 206 g/mol. The summed E-state index contributed by atoms with van der Waals surface area (Å²) in [5, 5.41) is 8.56. The van der Waals surface area contributed by atoms with Crippen molar-refractivity contribution in [2.45, 2.75) is 0 Å². The fourth-order valence-corrected chi connectivity index (χ4v) is 1.42. The summed E-state index contributed by atoms with van der Waals surface area (Å²) in [6.45, 7) is -0.209. The van der Waals surface area contributed by atoms with E-state index in [1.165, 1.54) is 23.1 Å². The molecular weight excluding hydrogens is 199 g/mol. The molecule has 4 nitrogen and oxygen atoms in total.